The molecule has 1 aromatic carbocycles. The van der Waals surface area contributed by atoms with E-state index < -0.39 is 12.1 Å². The maximum Gasteiger partial charge on any atom is 0.332 e. The van der Waals surface area contributed by atoms with Gasteiger partial charge in [-0.05, 0) is 32.9 Å². The zero-order chi connectivity index (χ0) is 22.9. The van der Waals surface area contributed by atoms with Gasteiger partial charge in [0.05, 0.1) is 5.71 Å². The Morgan fingerprint density at radius 2 is 2.03 bits per heavy atom. The maximum atomic E-state index is 13.0. The summed E-state index contributed by atoms with van der Waals surface area (Å²) in [6, 6.07) is 5.04. The standard InChI is InChI=1S/C23H34N6O3/c1-15-4-5-18-16(14-15)23(2)8-6-17(26-27-22(24)31)20(21(23)32-18)25-19(30)7-9-29-12-10-28(3)11-13-29/h4-5,14,20-21H,6-13H2,1-3H3,(H,25,30)(H3,24,27,31)/b26-17+/t20-,21-,23-/m0/s1. The van der Waals surface area contributed by atoms with Crippen molar-refractivity contribution < 1.29 is 14.3 Å². The van der Waals surface area contributed by atoms with E-state index in [-0.39, 0.29) is 17.4 Å². The van der Waals surface area contributed by atoms with Crippen LogP contribution in [-0.2, 0) is 10.2 Å². The minimum absolute atomic E-state index is 0.0410. The van der Waals surface area contributed by atoms with E-state index in [1.807, 2.05) is 12.1 Å². The van der Waals surface area contributed by atoms with Crippen LogP contribution in [0.4, 0.5) is 4.79 Å². The molecular formula is C23H34N6O3. The molecule has 32 heavy (non-hydrogen) atoms. The zero-order valence-electron chi connectivity index (χ0n) is 19.2. The van der Waals surface area contributed by atoms with Gasteiger partial charge in [-0.15, -0.1) is 0 Å². The van der Waals surface area contributed by atoms with E-state index in [4.69, 9.17) is 10.5 Å². The third kappa shape index (κ3) is 4.59. The molecule has 9 heteroatoms. The quantitative estimate of drug-likeness (QED) is 0.588. The second kappa shape index (κ2) is 9.07. The lowest BCUT2D eigenvalue weighted by atomic mass is 9.67. The van der Waals surface area contributed by atoms with E-state index in [0.717, 1.165) is 44.9 Å². The number of aryl methyl sites for hydroxylation is 1. The highest BCUT2D eigenvalue weighted by Gasteiger charge is 2.53. The van der Waals surface area contributed by atoms with Crippen molar-refractivity contribution in [2.24, 2.45) is 10.8 Å². The number of likely N-dealkylation sites (N-methyl/N-ethyl adjacent to an activating group) is 1. The first-order valence-corrected chi connectivity index (χ1v) is 11.4. The van der Waals surface area contributed by atoms with Gasteiger partial charge in [-0.25, -0.2) is 10.2 Å². The summed E-state index contributed by atoms with van der Waals surface area (Å²) in [6.07, 6.45) is 1.55. The lowest BCUT2D eigenvalue weighted by molar-refractivity contribution is -0.122. The van der Waals surface area contributed by atoms with E-state index in [9.17, 15) is 9.59 Å². The van der Waals surface area contributed by atoms with Crippen LogP contribution in [0.25, 0.3) is 0 Å². The lowest BCUT2D eigenvalue weighted by Crippen LogP contribution is -2.60. The molecule has 9 nitrogen and oxygen atoms in total. The Balaban J connectivity index is 1.50. The van der Waals surface area contributed by atoms with Gasteiger partial charge in [0.25, 0.3) is 0 Å². The third-order valence-electron chi connectivity index (χ3n) is 7.07. The van der Waals surface area contributed by atoms with Crippen LogP contribution in [0.5, 0.6) is 5.75 Å². The van der Waals surface area contributed by atoms with Gasteiger partial charge in [-0.2, -0.15) is 5.10 Å². The van der Waals surface area contributed by atoms with Crippen LogP contribution >= 0.6 is 0 Å². The molecule has 4 N–H and O–H groups in total. The van der Waals surface area contributed by atoms with Crippen LogP contribution in [0.1, 0.15) is 37.3 Å². The molecule has 2 aliphatic heterocycles. The van der Waals surface area contributed by atoms with E-state index in [2.05, 4.69) is 52.6 Å². The Morgan fingerprint density at radius 3 is 2.75 bits per heavy atom. The number of benzene rings is 1. The van der Waals surface area contributed by atoms with Gasteiger partial charge in [-0.1, -0.05) is 24.6 Å². The molecule has 2 heterocycles. The van der Waals surface area contributed by atoms with Gasteiger partial charge in [0, 0.05) is 50.1 Å². The highest BCUT2D eigenvalue weighted by Crippen LogP contribution is 2.49. The van der Waals surface area contributed by atoms with E-state index in [1.54, 1.807) is 0 Å². The Labute approximate surface area is 189 Å². The van der Waals surface area contributed by atoms with E-state index in [1.165, 1.54) is 11.1 Å². The number of primary amides is 1. The molecule has 2 fully saturated rings. The average molecular weight is 443 g/mol. The van der Waals surface area contributed by atoms with Gasteiger partial charge >= 0.3 is 6.03 Å². The number of piperazine rings is 1. The fraction of sp³-hybridized carbons (Fsp3) is 0.609. The van der Waals surface area contributed by atoms with E-state index >= 15 is 0 Å². The molecule has 0 radical (unpaired) electrons. The summed E-state index contributed by atoms with van der Waals surface area (Å²) in [7, 11) is 2.12. The number of hydrogen-bond donors (Lipinski definition) is 3. The maximum absolute atomic E-state index is 13.0. The minimum Gasteiger partial charge on any atom is -0.487 e. The summed E-state index contributed by atoms with van der Waals surface area (Å²) in [5.74, 6) is 0.810. The number of nitrogens with zero attached hydrogens (tertiary/aromatic N) is 3. The topological polar surface area (TPSA) is 112 Å². The van der Waals surface area contributed by atoms with Crippen LogP contribution in [-0.4, -0.2) is 79.4 Å². The van der Waals surface area contributed by atoms with Crippen LogP contribution in [0.2, 0.25) is 0 Å². The Hall–Kier alpha value is -2.65. The number of hydrazone groups is 1. The molecule has 0 unspecified atom stereocenters. The number of rotatable bonds is 5. The molecule has 0 aromatic heterocycles. The van der Waals surface area contributed by atoms with Gasteiger partial charge < -0.3 is 25.6 Å². The van der Waals surface area contributed by atoms with Crippen molar-refractivity contribution in [3.63, 3.8) is 0 Å². The molecule has 174 valence electrons. The van der Waals surface area contributed by atoms with Gasteiger partial charge in [0.1, 0.15) is 17.9 Å². The first-order chi connectivity index (χ1) is 15.3. The molecule has 1 aliphatic carbocycles. The van der Waals surface area contributed by atoms with Crippen molar-refractivity contribution in [2.75, 3.05) is 39.8 Å². The summed E-state index contributed by atoms with van der Waals surface area (Å²) >= 11 is 0. The Bertz CT molecular complexity index is 911. The normalized spacial score (nSPS) is 29.2. The van der Waals surface area contributed by atoms with Gasteiger partial charge in [-0.3, -0.25) is 4.79 Å². The monoisotopic (exact) mass is 442 g/mol. The number of carbonyl (C=O) groups excluding carboxylic acids is 2. The first-order valence-electron chi connectivity index (χ1n) is 11.4. The van der Waals surface area contributed by atoms with Crippen molar-refractivity contribution in [3.05, 3.63) is 29.3 Å². The number of amides is 3. The van der Waals surface area contributed by atoms with Crippen LogP contribution < -0.4 is 21.2 Å². The van der Waals surface area contributed by atoms with Gasteiger partial charge in [0.15, 0.2) is 0 Å². The molecule has 0 bridgehead atoms. The molecule has 3 atom stereocenters. The average Bonchev–Trinajstić information content (AvgIpc) is 3.05. The number of carbonyl (C=O) groups is 2. The second-order valence-electron chi connectivity index (χ2n) is 9.47. The smallest absolute Gasteiger partial charge is 0.332 e. The number of ether oxygens (including phenoxy) is 1. The molecule has 4 rings (SSSR count). The highest BCUT2D eigenvalue weighted by molar-refractivity contribution is 5.96. The summed E-state index contributed by atoms with van der Waals surface area (Å²) in [5.41, 5.74) is 10.3. The van der Waals surface area contributed by atoms with Crippen molar-refractivity contribution in [1.82, 2.24) is 20.5 Å². The Kier molecular flexibility index (Phi) is 6.39. The summed E-state index contributed by atoms with van der Waals surface area (Å²) in [6.45, 7) is 8.96. The molecule has 0 spiro atoms. The van der Waals surface area contributed by atoms with Crippen molar-refractivity contribution in [3.8, 4) is 5.75 Å². The van der Waals surface area contributed by atoms with Crippen LogP contribution in [0.15, 0.2) is 23.3 Å². The predicted octanol–water partition coefficient (Wildman–Crippen LogP) is 0.954. The van der Waals surface area contributed by atoms with Crippen molar-refractivity contribution >= 4 is 17.6 Å². The largest absolute Gasteiger partial charge is 0.487 e. The summed E-state index contributed by atoms with van der Waals surface area (Å²) < 4.78 is 6.37. The fourth-order valence-electron chi connectivity index (χ4n) is 5.03. The molecule has 1 aromatic rings. The predicted molar refractivity (Wildman–Crippen MR) is 123 cm³/mol. The SMILES string of the molecule is Cc1ccc2c(c1)[C@]1(C)CC/C(=N\NC(N)=O)[C@H](NC(=O)CCN3CCN(C)CC3)[C@@H]1O2. The number of hydrogen-bond acceptors (Lipinski definition) is 6. The van der Waals surface area contributed by atoms with Crippen molar-refractivity contribution in [1.29, 1.82) is 0 Å². The van der Waals surface area contributed by atoms with Crippen LogP contribution in [0.3, 0.4) is 0 Å². The molecule has 1 saturated carbocycles. The molecule has 3 amide bonds. The van der Waals surface area contributed by atoms with Crippen molar-refractivity contribution in [2.45, 2.75) is 50.7 Å². The zero-order valence-corrected chi connectivity index (χ0v) is 19.2. The highest BCUT2D eigenvalue weighted by atomic mass is 16.5. The number of nitrogens with one attached hydrogen (secondary N) is 2. The molecule has 3 aliphatic rings. The minimum atomic E-state index is -0.725. The van der Waals surface area contributed by atoms with E-state index in [0.29, 0.717) is 18.6 Å². The Morgan fingerprint density at radius 1 is 1.28 bits per heavy atom. The molecular weight excluding hydrogens is 408 g/mol. The van der Waals surface area contributed by atoms with Crippen LogP contribution in [0, 0.1) is 6.92 Å². The summed E-state index contributed by atoms with van der Waals surface area (Å²) in [5, 5.41) is 7.39. The van der Waals surface area contributed by atoms with Gasteiger partial charge in [0.2, 0.25) is 5.91 Å². The number of nitrogens with two attached hydrogens (primary N) is 1. The second-order valence-corrected chi connectivity index (χ2v) is 9.47. The third-order valence-corrected chi connectivity index (χ3v) is 7.07. The number of urea groups is 1. The first kappa shape index (κ1) is 22.5. The summed E-state index contributed by atoms with van der Waals surface area (Å²) in [4.78, 5) is 28.8. The fourth-order valence-corrected chi connectivity index (χ4v) is 5.03. The molecule has 1 saturated heterocycles. The number of fused-ring (bicyclic) bond motifs is 3. The lowest BCUT2D eigenvalue weighted by Gasteiger charge is -2.41.